The molecule has 1 aliphatic rings. The number of thioether (sulfide) groups is 1. The van der Waals surface area contributed by atoms with Gasteiger partial charge in [-0.3, -0.25) is 4.79 Å². The van der Waals surface area contributed by atoms with Gasteiger partial charge in [0, 0.05) is 18.7 Å². The Morgan fingerprint density at radius 2 is 2.00 bits per heavy atom. The monoisotopic (exact) mass is 317 g/mol. The van der Waals surface area contributed by atoms with E-state index in [0.29, 0.717) is 13.0 Å². The Morgan fingerprint density at radius 1 is 1.23 bits per heavy atom. The number of aromatic hydroxyl groups is 1. The van der Waals surface area contributed by atoms with Crippen molar-refractivity contribution >= 4 is 17.7 Å². The number of hydrogen-bond acceptors (Lipinski definition) is 3. The normalized spacial score (nSPS) is 18.5. The van der Waals surface area contributed by atoms with Crippen LogP contribution in [0.1, 0.15) is 22.9 Å². The van der Waals surface area contributed by atoms with Crippen molar-refractivity contribution < 1.29 is 14.3 Å². The van der Waals surface area contributed by atoms with Crippen molar-refractivity contribution in [1.82, 2.24) is 4.90 Å². The lowest BCUT2D eigenvalue weighted by molar-refractivity contribution is -0.132. The van der Waals surface area contributed by atoms with Gasteiger partial charge in [0.2, 0.25) is 5.91 Å². The highest BCUT2D eigenvalue weighted by Crippen LogP contribution is 2.38. The molecule has 3 rings (SSSR count). The first-order chi connectivity index (χ1) is 10.6. The molecule has 1 unspecified atom stereocenters. The standard InChI is InChI=1S/C17H16FNO2S/c18-14-3-1-2-12(10-14)11-19-16(21)8-9-22-17(19)13-4-6-15(20)7-5-13/h1-7,10,17,20H,8-9,11H2. The maximum atomic E-state index is 13.3. The van der Waals surface area contributed by atoms with Gasteiger partial charge in [-0.25, -0.2) is 4.39 Å². The fourth-order valence-electron chi connectivity index (χ4n) is 2.54. The largest absolute Gasteiger partial charge is 0.508 e. The molecule has 5 heteroatoms. The number of benzene rings is 2. The third kappa shape index (κ3) is 3.25. The van der Waals surface area contributed by atoms with E-state index in [2.05, 4.69) is 0 Å². The second-order valence-electron chi connectivity index (χ2n) is 5.22. The molecule has 0 aliphatic carbocycles. The zero-order valence-electron chi connectivity index (χ0n) is 11.9. The highest BCUT2D eigenvalue weighted by molar-refractivity contribution is 7.99. The van der Waals surface area contributed by atoms with Crippen molar-refractivity contribution in [3.8, 4) is 5.75 Å². The van der Waals surface area contributed by atoms with E-state index in [-0.39, 0.29) is 22.8 Å². The predicted octanol–water partition coefficient (Wildman–Crippen LogP) is 3.70. The van der Waals surface area contributed by atoms with Gasteiger partial charge in [-0.1, -0.05) is 24.3 Å². The van der Waals surface area contributed by atoms with E-state index < -0.39 is 0 Å². The second kappa shape index (κ2) is 6.40. The number of phenols is 1. The molecule has 2 aromatic carbocycles. The van der Waals surface area contributed by atoms with E-state index in [1.165, 1.54) is 12.1 Å². The van der Waals surface area contributed by atoms with Gasteiger partial charge < -0.3 is 10.0 Å². The number of carbonyl (C=O) groups is 1. The predicted molar refractivity (Wildman–Crippen MR) is 84.9 cm³/mol. The van der Waals surface area contributed by atoms with Crippen molar-refractivity contribution in [2.75, 3.05) is 5.75 Å². The number of phenolic OH excluding ortho intramolecular Hbond substituents is 1. The Bertz CT molecular complexity index is 675. The number of carbonyl (C=O) groups excluding carboxylic acids is 1. The minimum absolute atomic E-state index is 0.0705. The van der Waals surface area contributed by atoms with Crippen LogP contribution in [0.15, 0.2) is 48.5 Å². The summed E-state index contributed by atoms with van der Waals surface area (Å²) in [4.78, 5) is 14.1. The van der Waals surface area contributed by atoms with Crippen molar-refractivity contribution in [2.45, 2.75) is 18.3 Å². The van der Waals surface area contributed by atoms with Crippen LogP contribution in [0.5, 0.6) is 5.75 Å². The molecule has 1 fully saturated rings. The lowest BCUT2D eigenvalue weighted by atomic mass is 10.1. The molecule has 0 spiro atoms. The molecular weight excluding hydrogens is 301 g/mol. The van der Waals surface area contributed by atoms with Gasteiger partial charge in [0.1, 0.15) is 16.9 Å². The zero-order valence-corrected chi connectivity index (χ0v) is 12.7. The number of rotatable bonds is 3. The molecule has 0 bridgehead atoms. The first-order valence-corrected chi connectivity index (χ1v) is 8.13. The van der Waals surface area contributed by atoms with Crippen LogP contribution in [-0.2, 0) is 11.3 Å². The lowest BCUT2D eigenvalue weighted by Crippen LogP contribution is -2.36. The molecule has 0 radical (unpaired) electrons. The smallest absolute Gasteiger partial charge is 0.224 e. The molecule has 0 saturated carbocycles. The molecular formula is C17H16FNO2S. The van der Waals surface area contributed by atoms with Crippen LogP contribution in [0.4, 0.5) is 4.39 Å². The fourth-order valence-corrected chi connectivity index (χ4v) is 3.78. The Labute approximate surface area is 132 Å². The van der Waals surface area contributed by atoms with Crippen molar-refractivity contribution in [3.05, 3.63) is 65.5 Å². The second-order valence-corrected chi connectivity index (χ2v) is 6.40. The Balaban J connectivity index is 1.87. The van der Waals surface area contributed by atoms with E-state index in [9.17, 15) is 14.3 Å². The molecule has 0 aromatic heterocycles. The first-order valence-electron chi connectivity index (χ1n) is 7.08. The van der Waals surface area contributed by atoms with E-state index in [1.807, 2.05) is 18.2 Å². The molecule has 1 aliphatic heterocycles. The number of amides is 1. The van der Waals surface area contributed by atoms with Gasteiger partial charge in [0.25, 0.3) is 0 Å². The van der Waals surface area contributed by atoms with Gasteiger partial charge in [-0.05, 0) is 35.4 Å². The van der Waals surface area contributed by atoms with Gasteiger partial charge >= 0.3 is 0 Å². The summed E-state index contributed by atoms with van der Waals surface area (Å²) in [5.41, 5.74) is 1.74. The van der Waals surface area contributed by atoms with E-state index in [0.717, 1.165) is 16.9 Å². The van der Waals surface area contributed by atoms with Gasteiger partial charge in [0.15, 0.2) is 0 Å². The summed E-state index contributed by atoms with van der Waals surface area (Å²) in [5.74, 6) is 0.744. The zero-order chi connectivity index (χ0) is 15.5. The molecule has 2 aromatic rings. The minimum atomic E-state index is -0.296. The summed E-state index contributed by atoms with van der Waals surface area (Å²) < 4.78 is 13.3. The van der Waals surface area contributed by atoms with Crippen LogP contribution in [0.25, 0.3) is 0 Å². The molecule has 1 atom stereocenters. The lowest BCUT2D eigenvalue weighted by Gasteiger charge is -2.35. The highest BCUT2D eigenvalue weighted by atomic mass is 32.2. The third-order valence-corrected chi connectivity index (χ3v) is 4.90. The molecule has 3 nitrogen and oxygen atoms in total. The van der Waals surface area contributed by atoms with Crippen molar-refractivity contribution in [3.63, 3.8) is 0 Å². The SMILES string of the molecule is O=C1CCSC(c2ccc(O)cc2)N1Cc1cccc(F)c1. The van der Waals surface area contributed by atoms with Crippen LogP contribution in [0.3, 0.4) is 0 Å². The number of halogens is 1. The van der Waals surface area contributed by atoms with Crippen LogP contribution >= 0.6 is 11.8 Å². The maximum Gasteiger partial charge on any atom is 0.224 e. The Morgan fingerprint density at radius 3 is 2.73 bits per heavy atom. The summed E-state index contributed by atoms with van der Waals surface area (Å²) in [5, 5.41) is 9.30. The Hall–Kier alpha value is -2.01. The summed E-state index contributed by atoms with van der Waals surface area (Å²) in [6.07, 6.45) is 0.495. The first kappa shape index (κ1) is 14.9. The molecule has 114 valence electrons. The van der Waals surface area contributed by atoms with Crippen LogP contribution < -0.4 is 0 Å². The summed E-state index contributed by atoms with van der Waals surface area (Å²) >= 11 is 1.69. The molecule has 1 N–H and O–H groups in total. The summed E-state index contributed by atoms with van der Waals surface area (Å²) in [6, 6.07) is 13.2. The van der Waals surface area contributed by atoms with Crippen LogP contribution in [-0.4, -0.2) is 21.7 Å². The number of hydrogen-bond donors (Lipinski definition) is 1. The quantitative estimate of drug-likeness (QED) is 0.938. The van der Waals surface area contributed by atoms with Crippen molar-refractivity contribution in [2.24, 2.45) is 0 Å². The average molecular weight is 317 g/mol. The van der Waals surface area contributed by atoms with Gasteiger partial charge in [-0.15, -0.1) is 11.8 Å². The minimum Gasteiger partial charge on any atom is -0.508 e. The van der Waals surface area contributed by atoms with Crippen LogP contribution in [0.2, 0.25) is 0 Å². The fraction of sp³-hybridized carbons (Fsp3) is 0.235. The van der Waals surface area contributed by atoms with E-state index in [1.54, 1.807) is 34.9 Å². The van der Waals surface area contributed by atoms with E-state index >= 15 is 0 Å². The highest BCUT2D eigenvalue weighted by Gasteiger charge is 2.29. The third-order valence-electron chi connectivity index (χ3n) is 3.62. The average Bonchev–Trinajstić information content (AvgIpc) is 2.50. The van der Waals surface area contributed by atoms with Crippen molar-refractivity contribution in [1.29, 1.82) is 0 Å². The molecule has 1 heterocycles. The summed E-state index contributed by atoms with van der Waals surface area (Å²) in [6.45, 7) is 0.384. The molecule has 1 saturated heterocycles. The van der Waals surface area contributed by atoms with Gasteiger partial charge in [-0.2, -0.15) is 0 Å². The van der Waals surface area contributed by atoms with Crippen LogP contribution in [0, 0.1) is 5.82 Å². The van der Waals surface area contributed by atoms with E-state index in [4.69, 9.17) is 0 Å². The van der Waals surface area contributed by atoms with Gasteiger partial charge in [0.05, 0.1) is 0 Å². The Kier molecular flexibility index (Phi) is 4.34. The summed E-state index contributed by atoms with van der Waals surface area (Å²) in [7, 11) is 0. The number of nitrogens with zero attached hydrogens (tertiary/aromatic N) is 1. The molecule has 1 amide bonds. The maximum absolute atomic E-state index is 13.3. The topological polar surface area (TPSA) is 40.5 Å². The molecule has 22 heavy (non-hydrogen) atoms.